The van der Waals surface area contributed by atoms with E-state index in [-0.39, 0.29) is 0 Å². The fourth-order valence-electron chi connectivity index (χ4n) is 2.59. The van der Waals surface area contributed by atoms with E-state index in [4.69, 9.17) is 0 Å². The maximum atomic E-state index is 3.75. The molecule has 0 amide bonds. The highest BCUT2D eigenvalue weighted by Crippen LogP contribution is 2.30. The van der Waals surface area contributed by atoms with Crippen molar-refractivity contribution >= 4 is 15.9 Å². The number of hydrogen-bond acceptors (Lipinski definition) is 2. The molecule has 2 aliphatic rings. The Hall–Kier alpha value is -0.380. The van der Waals surface area contributed by atoms with Gasteiger partial charge in [-0.1, -0.05) is 35.0 Å². The van der Waals surface area contributed by atoms with Crippen molar-refractivity contribution in [2.24, 2.45) is 5.92 Å². The molecule has 1 N–H and O–H groups in total. The van der Waals surface area contributed by atoms with Gasteiger partial charge in [-0.2, -0.15) is 0 Å². The van der Waals surface area contributed by atoms with Gasteiger partial charge in [-0.3, -0.25) is 4.90 Å². The molecular formula is C17H25BrN2. The van der Waals surface area contributed by atoms with E-state index >= 15 is 0 Å². The highest BCUT2D eigenvalue weighted by atomic mass is 79.9. The zero-order chi connectivity index (χ0) is 13.9. The Kier molecular flexibility index (Phi) is 4.79. The van der Waals surface area contributed by atoms with Gasteiger partial charge >= 0.3 is 0 Å². The minimum absolute atomic E-state index is 0.780. The summed E-state index contributed by atoms with van der Waals surface area (Å²) in [5, 5.41) is 3.57. The Morgan fingerprint density at radius 3 is 2.65 bits per heavy atom. The third-order valence-electron chi connectivity index (χ3n) is 4.34. The first-order valence-electron chi connectivity index (χ1n) is 7.97. The summed E-state index contributed by atoms with van der Waals surface area (Å²) >= 11 is 3.75. The Morgan fingerprint density at radius 2 is 2.05 bits per heavy atom. The summed E-state index contributed by atoms with van der Waals surface area (Å²) in [7, 11) is 0. The Labute approximate surface area is 131 Å². The van der Waals surface area contributed by atoms with E-state index in [0.29, 0.717) is 0 Å². The molecule has 0 spiro atoms. The topological polar surface area (TPSA) is 15.3 Å². The van der Waals surface area contributed by atoms with Gasteiger partial charge in [0.05, 0.1) is 0 Å². The molecule has 0 atom stereocenters. The van der Waals surface area contributed by atoms with Crippen LogP contribution in [-0.4, -0.2) is 24.0 Å². The van der Waals surface area contributed by atoms with Crippen LogP contribution in [0.4, 0.5) is 0 Å². The minimum atomic E-state index is 0.780. The molecule has 3 heteroatoms. The van der Waals surface area contributed by atoms with Crippen molar-refractivity contribution in [3.05, 3.63) is 33.8 Å². The molecule has 2 saturated carbocycles. The molecule has 0 saturated heterocycles. The average Bonchev–Trinajstić information content (AvgIpc) is 3.33. The summed E-state index contributed by atoms with van der Waals surface area (Å²) in [6, 6.07) is 7.64. The summed E-state index contributed by atoms with van der Waals surface area (Å²) in [5.41, 5.74) is 2.81. The third kappa shape index (κ3) is 4.31. The van der Waals surface area contributed by atoms with Crippen LogP contribution < -0.4 is 5.32 Å². The van der Waals surface area contributed by atoms with Gasteiger partial charge in [-0.25, -0.2) is 0 Å². The van der Waals surface area contributed by atoms with Crippen LogP contribution >= 0.6 is 15.9 Å². The predicted molar refractivity (Wildman–Crippen MR) is 87.7 cm³/mol. The Balaban J connectivity index is 1.56. The van der Waals surface area contributed by atoms with Crippen molar-refractivity contribution in [3.63, 3.8) is 0 Å². The molecule has 0 aliphatic heterocycles. The fraction of sp³-hybridized carbons (Fsp3) is 0.647. The van der Waals surface area contributed by atoms with Gasteiger partial charge in [0.25, 0.3) is 0 Å². The predicted octanol–water partition coefficient (Wildman–Crippen LogP) is 3.93. The SMILES string of the molecule is CCN(Cc1ccc(CNC2CC2)cc1Br)CC1CC1. The van der Waals surface area contributed by atoms with Crippen molar-refractivity contribution in [1.82, 2.24) is 10.2 Å². The van der Waals surface area contributed by atoms with E-state index in [1.54, 1.807) is 0 Å². The number of nitrogens with zero attached hydrogens (tertiary/aromatic N) is 1. The van der Waals surface area contributed by atoms with Crippen molar-refractivity contribution in [2.75, 3.05) is 13.1 Å². The quantitative estimate of drug-likeness (QED) is 0.773. The smallest absolute Gasteiger partial charge is 0.0244 e. The summed E-state index contributed by atoms with van der Waals surface area (Å²) < 4.78 is 1.27. The lowest BCUT2D eigenvalue weighted by Crippen LogP contribution is -2.25. The summed E-state index contributed by atoms with van der Waals surface area (Å²) in [6.07, 6.45) is 5.57. The van der Waals surface area contributed by atoms with Gasteiger partial charge in [0, 0.05) is 30.1 Å². The first kappa shape index (κ1) is 14.6. The Bertz CT molecular complexity index is 452. The number of hydrogen-bond donors (Lipinski definition) is 1. The lowest BCUT2D eigenvalue weighted by atomic mass is 10.1. The lowest BCUT2D eigenvalue weighted by Gasteiger charge is -2.21. The number of halogens is 1. The van der Waals surface area contributed by atoms with Gasteiger partial charge in [0.2, 0.25) is 0 Å². The van der Waals surface area contributed by atoms with Crippen LogP contribution in [0, 0.1) is 5.92 Å². The van der Waals surface area contributed by atoms with Gasteiger partial charge in [-0.05, 0) is 55.3 Å². The van der Waals surface area contributed by atoms with Gasteiger partial charge in [0.15, 0.2) is 0 Å². The van der Waals surface area contributed by atoms with Crippen molar-refractivity contribution in [2.45, 2.75) is 51.7 Å². The van der Waals surface area contributed by atoms with E-state index < -0.39 is 0 Å². The monoisotopic (exact) mass is 336 g/mol. The fourth-order valence-corrected chi connectivity index (χ4v) is 3.14. The summed E-state index contributed by atoms with van der Waals surface area (Å²) in [6.45, 7) is 6.76. The second-order valence-electron chi connectivity index (χ2n) is 6.35. The van der Waals surface area contributed by atoms with Crippen LogP contribution in [0.25, 0.3) is 0 Å². The largest absolute Gasteiger partial charge is 0.310 e. The van der Waals surface area contributed by atoms with Crippen molar-refractivity contribution in [1.29, 1.82) is 0 Å². The highest BCUT2D eigenvalue weighted by molar-refractivity contribution is 9.10. The molecule has 0 radical (unpaired) electrons. The maximum absolute atomic E-state index is 3.75. The molecule has 2 aliphatic carbocycles. The van der Waals surface area contributed by atoms with Gasteiger partial charge in [-0.15, -0.1) is 0 Å². The lowest BCUT2D eigenvalue weighted by molar-refractivity contribution is 0.268. The minimum Gasteiger partial charge on any atom is -0.310 e. The summed E-state index contributed by atoms with van der Waals surface area (Å²) in [5.74, 6) is 0.968. The van der Waals surface area contributed by atoms with E-state index in [9.17, 15) is 0 Å². The van der Waals surface area contributed by atoms with E-state index in [2.05, 4.69) is 51.3 Å². The normalized spacial score (nSPS) is 18.8. The number of rotatable bonds is 8. The molecule has 0 heterocycles. The van der Waals surface area contributed by atoms with Crippen LogP contribution in [0.3, 0.4) is 0 Å². The van der Waals surface area contributed by atoms with Crippen molar-refractivity contribution < 1.29 is 0 Å². The van der Waals surface area contributed by atoms with Crippen LogP contribution in [0.2, 0.25) is 0 Å². The Morgan fingerprint density at radius 1 is 1.25 bits per heavy atom. The highest BCUT2D eigenvalue weighted by Gasteiger charge is 2.24. The van der Waals surface area contributed by atoms with Crippen LogP contribution in [-0.2, 0) is 13.1 Å². The van der Waals surface area contributed by atoms with Gasteiger partial charge < -0.3 is 5.32 Å². The second-order valence-corrected chi connectivity index (χ2v) is 7.21. The first-order chi connectivity index (χ1) is 9.74. The number of nitrogens with one attached hydrogen (secondary N) is 1. The second kappa shape index (κ2) is 6.59. The van der Waals surface area contributed by atoms with Crippen LogP contribution in [0.1, 0.15) is 43.7 Å². The zero-order valence-electron chi connectivity index (χ0n) is 12.4. The standard InChI is InChI=1S/C17H25BrN2/c1-2-20(11-13-3-4-13)12-15-6-5-14(9-17(15)18)10-19-16-7-8-16/h5-6,9,13,16,19H,2-4,7-8,10-12H2,1H3. The van der Waals surface area contributed by atoms with Crippen LogP contribution in [0.15, 0.2) is 22.7 Å². The molecular weight excluding hydrogens is 312 g/mol. The van der Waals surface area contributed by atoms with Crippen LogP contribution in [0.5, 0.6) is 0 Å². The molecule has 0 unspecified atom stereocenters. The van der Waals surface area contributed by atoms with Gasteiger partial charge in [0.1, 0.15) is 0 Å². The average molecular weight is 337 g/mol. The molecule has 0 aromatic heterocycles. The molecule has 110 valence electrons. The molecule has 0 bridgehead atoms. The number of benzene rings is 1. The molecule has 2 fully saturated rings. The van der Waals surface area contributed by atoms with E-state index in [0.717, 1.165) is 31.6 Å². The molecule has 2 nitrogen and oxygen atoms in total. The van der Waals surface area contributed by atoms with Crippen molar-refractivity contribution in [3.8, 4) is 0 Å². The van der Waals surface area contributed by atoms with E-state index in [1.807, 2.05) is 0 Å². The third-order valence-corrected chi connectivity index (χ3v) is 5.08. The molecule has 3 rings (SSSR count). The first-order valence-corrected chi connectivity index (χ1v) is 8.77. The maximum Gasteiger partial charge on any atom is 0.0244 e. The summed E-state index contributed by atoms with van der Waals surface area (Å²) in [4.78, 5) is 2.57. The zero-order valence-corrected chi connectivity index (χ0v) is 14.0. The van der Waals surface area contributed by atoms with E-state index in [1.165, 1.54) is 47.8 Å². The molecule has 1 aromatic carbocycles. The molecule has 20 heavy (non-hydrogen) atoms. The molecule has 1 aromatic rings.